The van der Waals surface area contributed by atoms with E-state index < -0.39 is 0 Å². The molecule has 1 aliphatic rings. The maximum Gasteiger partial charge on any atom is 0.119 e. The normalized spacial score (nSPS) is 15.4. The van der Waals surface area contributed by atoms with Crippen LogP contribution in [0.4, 0.5) is 0 Å². The molecule has 0 fully saturated rings. The Bertz CT molecular complexity index is 367. The number of aliphatic hydroxyl groups is 1. The number of fused-ring (bicyclic) bond motifs is 1. The van der Waals surface area contributed by atoms with Crippen LogP contribution in [0.25, 0.3) is 5.76 Å². The lowest BCUT2D eigenvalue weighted by Crippen LogP contribution is -1.92. The summed E-state index contributed by atoms with van der Waals surface area (Å²) >= 11 is 0. The third kappa shape index (κ3) is 1.60. The van der Waals surface area contributed by atoms with Gasteiger partial charge in [0.2, 0.25) is 0 Å². The van der Waals surface area contributed by atoms with Crippen molar-refractivity contribution in [2.75, 3.05) is 7.11 Å². The number of rotatable bonds is 1. The molecular weight excluding hydrogens is 176 g/mol. The maximum atomic E-state index is 9.77. The van der Waals surface area contributed by atoms with E-state index >= 15 is 0 Å². The second kappa shape index (κ2) is 3.74. The molecule has 0 atom stereocenters. The van der Waals surface area contributed by atoms with E-state index in [1.165, 1.54) is 5.56 Å². The Balaban J connectivity index is 2.48. The first-order chi connectivity index (χ1) is 6.81. The highest BCUT2D eigenvalue weighted by Crippen LogP contribution is 2.27. The van der Waals surface area contributed by atoms with Crippen molar-refractivity contribution >= 4 is 5.76 Å². The zero-order valence-electron chi connectivity index (χ0n) is 8.29. The Labute approximate surface area is 83.8 Å². The van der Waals surface area contributed by atoms with Gasteiger partial charge in [-0.15, -0.1) is 0 Å². The quantitative estimate of drug-likeness (QED) is 0.737. The molecule has 0 spiro atoms. The van der Waals surface area contributed by atoms with Gasteiger partial charge in [-0.05, 0) is 43.0 Å². The molecule has 2 rings (SSSR count). The Hall–Kier alpha value is -1.44. The van der Waals surface area contributed by atoms with E-state index in [2.05, 4.69) is 0 Å². The maximum absolute atomic E-state index is 9.77. The highest BCUT2D eigenvalue weighted by Gasteiger charge is 2.10. The first kappa shape index (κ1) is 9.13. The zero-order chi connectivity index (χ0) is 9.97. The van der Waals surface area contributed by atoms with Gasteiger partial charge in [-0.25, -0.2) is 0 Å². The van der Waals surface area contributed by atoms with Gasteiger partial charge in [0, 0.05) is 5.56 Å². The number of allylic oxidation sites excluding steroid dienone is 1. The van der Waals surface area contributed by atoms with E-state index in [1.807, 2.05) is 24.3 Å². The van der Waals surface area contributed by atoms with Gasteiger partial charge in [-0.1, -0.05) is 6.07 Å². The third-order valence-corrected chi connectivity index (χ3v) is 2.58. The minimum atomic E-state index is 0.386. The van der Waals surface area contributed by atoms with Gasteiger partial charge in [0.25, 0.3) is 0 Å². The largest absolute Gasteiger partial charge is 0.508 e. The summed E-state index contributed by atoms with van der Waals surface area (Å²) in [7, 11) is 1.64. The van der Waals surface area contributed by atoms with E-state index in [0.717, 1.165) is 30.6 Å². The molecule has 1 aromatic carbocycles. The van der Waals surface area contributed by atoms with Gasteiger partial charge >= 0.3 is 0 Å². The topological polar surface area (TPSA) is 29.5 Å². The number of hydrogen-bond donors (Lipinski definition) is 1. The number of ether oxygens (including phenoxy) is 1. The molecule has 0 amide bonds. The SMILES string of the molecule is COc1ccc2c(c1)C(O)=CCCC2. The fraction of sp³-hybridized carbons (Fsp3) is 0.333. The van der Waals surface area contributed by atoms with Crippen molar-refractivity contribution in [3.63, 3.8) is 0 Å². The Morgan fingerprint density at radius 1 is 1.36 bits per heavy atom. The van der Waals surface area contributed by atoms with Gasteiger partial charge in [-0.2, -0.15) is 0 Å². The summed E-state index contributed by atoms with van der Waals surface area (Å²) in [5.74, 6) is 1.18. The molecule has 2 heteroatoms. The van der Waals surface area contributed by atoms with E-state index in [-0.39, 0.29) is 0 Å². The summed E-state index contributed by atoms with van der Waals surface area (Å²) in [5.41, 5.74) is 2.12. The van der Waals surface area contributed by atoms with Gasteiger partial charge in [0.1, 0.15) is 11.5 Å². The standard InChI is InChI=1S/C12H14O2/c1-14-10-7-6-9-4-2-3-5-12(13)11(9)8-10/h5-8,13H,2-4H2,1H3. The monoisotopic (exact) mass is 190 g/mol. The second-order valence-corrected chi connectivity index (χ2v) is 3.50. The minimum Gasteiger partial charge on any atom is -0.508 e. The van der Waals surface area contributed by atoms with Crippen molar-refractivity contribution in [1.82, 2.24) is 0 Å². The molecule has 0 aromatic heterocycles. The molecule has 2 nitrogen and oxygen atoms in total. The summed E-state index contributed by atoms with van der Waals surface area (Å²) in [4.78, 5) is 0. The average molecular weight is 190 g/mol. The summed E-state index contributed by atoms with van der Waals surface area (Å²) in [5, 5.41) is 9.77. The third-order valence-electron chi connectivity index (χ3n) is 2.58. The Kier molecular flexibility index (Phi) is 2.44. The summed E-state index contributed by atoms with van der Waals surface area (Å²) in [6, 6.07) is 5.87. The van der Waals surface area contributed by atoms with Crippen molar-refractivity contribution in [3.8, 4) is 5.75 Å². The minimum absolute atomic E-state index is 0.386. The highest BCUT2D eigenvalue weighted by atomic mass is 16.5. The fourth-order valence-corrected chi connectivity index (χ4v) is 1.78. The van der Waals surface area contributed by atoms with Crippen LogP contribution < -0.4 is 4.74 Å². The Morgan fingerprint density at radius 2 is 2.21 bits per heavy atom. The molecule has 0 heterocycles. The van der Waals surface area contributed by atoms with E-state index in [0.29, 0.717) is 5.76 Å². The van der Waals surface area contributed by atoms with Crippen LogP contribution >= 0.6 is 0 Å². The zero-order valence-corrected chi connectivity index (χ0v) is 8.29. The molecule has 0 aliphatic heterocycles. The molecule has 0 bridgehead atoms. The van der Waals surface area contributed by atoms with Gasteiger partial charge in [-0.3, -0.25) is 0 Å². The first-order valence-corrected chi connectivity index (χ1v) is 4.87. The van der Waals surface area contributed by atoms with Crippen LogP contribution in [0.3, 0.4) is 0 Å². The number of hydrogen-bond acceptors (Lipinski definition) is 2. The van der Waals surface area contributed by atoms with Gasteiger partial charge in [0.15, 0.2) is 0 Å². The number of aliphatic hydroxyl groups excluding tert-OH is 1. The molecule has 0 saturated heterocycles. The molecule has 1 aliphatic carbocycles. The van der Waals surface area contributed by atoms with Gasteiger partial charge in [0.05, 0.1) is 7.11 Å². The number of aryl methyl sites for hydroxylation is 1. The Morgan fingerprint density at radius 3 is 3.00 bits per heavy atom. The lowest BCUT2D eigenvalue weighted by atomic mass is 10.0. The molecule has 1 aromatic rings. The fourth-order valence-electron chi connectivity index (χ4n) is 1.78. The van der Waals surface area contributed by atoms with Crippen molar-refractivity contribution in [1.29, 1.82) is 0 Å². The van der Waals surface area contributed by atoms with E-state index in [4.69, 9.17) is 4.74 Å². The lowest BCUT2D eigenvalue weighted by Gasteiger charge is -2.08. The molecule has 74 valence electrons. The van der Waals surface area contributed by atoms with E-state index in [9.17, 15) is 5.11 Å². The van der Waals surface area contributed by atoms with Crippen molar-refractivity contribution < 1.29 is 9.84 Å². The molecule has 0 saturated carbocycles. The van der Waals surface area contributed by atoms with Gasteiger partial charge < -0.3 is 9.84 Å². The van der Waals surface area contributed by atoms with Crippen LogP contribution in [0.5, 0.6) is 5.75 Å². The molecule has 0 radical (unpaired) electrons. The average Bonchev–Trinajstić information content (AvgIpc) is 2.40. The number of methoxy groups -OCH3 is 1. The van der Waals surface area contributed by atoms with Crippen LogP contribution in [0.1, 0.15) is 24.0 Å². The van der Waals surface area contributed by atoms with Crippen molar-refractivity contribution in [2.45, 2.75) is 19.3 Å². The summed E-state index contributed by atoms with van der Waals surface area (Å²) in [6.45, 7) is 0. The smallest absolute Gasteiger partial charge is 0.119 e. The van der Waals surface area contributed by atoms with Crippen molar-refractivity contribution in [3.05, 3.63) is 35.4 Å². The lowest BCUT2D eigenvalue weighted by molar-refractivity contribution is 0.414. The van der Waals surface area contributed by atoms with Crippen LogP contribution in [0.15, 0.2) is 24.3 Å². The molecule has 14 heavy (non-hydrogen) atoms. The van der Waals surface area contributed by atoms with E-state index in [1.54, 1.807) is 7.11 Å². The van der Waals surface area contributed by atoms with Crippen LogP contribution in [-0.2, 0) is 6.42 Å². The van der Waals surface area contributed by atoms with Crippen LogP contribution in [0, 0.1) is 0 Å². The second-order valence-electron chi connectivity index (χ2n) is 3.50. The summed E-state index contributed by atoms with van der Waals surface area (Å²) in [6.07, 6.45) is 4.96. The van der Waals surface area contributed by atoms with Crippen LogP contribution in [-0.4, -0.2) is 12.2 Å². The molecular formula is C12H14O2. The summed E-state index contributed by atoms with van der Waals surface area (Å²) < 4.78 is 5.13. The molecule has 1 N–H and O–H groups in total. The van der Waals surface area contributed by atoms with Crippen molar-refractivity contribution in [2.24, 2.45) is 0 Å². The molecule has 0 unspecified atom stereocenters. The predicted octanol–water partition coefficient (Wildman–Crippen LogP) is 2.93. The first-order valence-electron chi connectivity index (χ1n) is 4.87. The predicted molar refractivity (Wildman–Crippen MR) is 56.5 cm³/mol. The highest BCUT2D eigenvalue weighted by molar-refractivity contribution is 5.64. The number of benzene rings is 1. The van der Waals surface area contributed by atoms with Crippen LogP contribution in [0.2, 0.25) is 0 Å².